The van der Waals surface area contributed by atoms with Crippen LogP contribution in [0.15, 0.2) is 22.9 Å². The zero-order chi connectivity index (χ0) is 10.1. The fraction of sp³-hybridized carbons (Fsp3) is 0.333. The Morgan fingerprint density at radius 3 is 2.86 bits per heavy atom. The second-order valence-corrected chi connectivity index (χ2v) is 3.09. The molecule has 0 bridgehead atoms. The molecule has 2 rings (SSSR count). The minimum atomic E-state index is -0.762. The first-order chi connectivity index (χ1) is 6.68. The molecule has 0 radical (unpaired) electrons. The Morgan fingerprint density at radius 2 is 2.36 bits per heavy atom. The highest BCUT2D eigenvalue weighted by Crippen LogP contribution is 2.23. The van der Waals surface area contributed by atoms with Gasteiger partial charge in [0, 0.05) is 12.6 Å². The maximum atomic E-state index is 9.90. The van der Waals surface area contributed by atoms with E-state index in [1.54, 1.807) is 26.3 Å². The van der Waals surface area contributed by atoms with Crippen LogP contribution in [-0.2, 0) is 7.05 Å². The zero-order valence-electron chi connectivity index (χ0n) is 8.01. The van der Waals surface area contributed by atoms with Crippen molar-refractivity contribution in [3.63, 3.8) is 0 Å². The minimum absolute atomic E-state index is 0.525. The fourth-order valence-electron chi connectivity index (χ4n) is 1.32. The number of rotatable bonds is 2. The van der Waals surface area contributed by atoms with Gasteiger partial charge < -0.3 is 9.52 Å². The highest BCUT2D eigenvalue weighted by atomic mass is 16.3. The highest BCUT2D eigenvalue weighted by Gasteiger charge is 2.17. The van der Waals surface area contributed by atoms with Gasteiger partial charge in [0.15, 0.2) is 0 Å². The molecule has 1 unspecified atom stereocenters. The summed E-state index contributed by atoms with van der Waals surface area (Å²) in [6, 6.07) is 1.73. The smallest absolute Gasteiger partial charge is 0.128 e. The van der Waals surface area contributed by atoms with Gasteiger partial charge in [0.25, 0.3) is 0 Å². The Morgan fingerprint density at radius 1 is 1.57 bits per heavy atom. The number of hydrogen-bond donors (Lipinski definition) is 1. The third-order valence-corrected chi connectivity index (χ3v) is 2.09. The summed E-state index contributed by atoms with van der Waals surface area (Å²) in [7, 11) is 1.71. The van der Waals surface area contributed by atoms with E-state index in [4.69, 9.17) is 4.42 Å². The van der Waals surface area contributed by atoms with E-state index >= 15 is 0 Å². The summed E-state index contributed by atoms with van der Waals surface area (Å²) in [5.41, 5.74) is 1.25. The number of aliphatic hydroxyl groups is 1. The number of nitrogens with zero attached hydrogens (tertiary/aromatic N) is 3. The monoisotopic (exact) mass is 193 g/mol. The summed E-state index contributed by atoms with van der Waals surface area (Å²) in [5, 5.41) is 17.8. The van der Waals surface area contributed by atoms with Crippen molar-refractivity contribution in [1.82, 2.24) is 15.0 Å². The third kappa shape index (κ3) is 1.42. The van der Waals surface area contributed by atoms with Gasteiger partial charge in [0.1, 0.15) is 17.6 Å². The van der Waals surface area contributed by atoms with Crippen molar-refractivity contribution in [3.05, 3.63) is 35.5 Å². The van der Waals surface area contributed by atoms with Gasteiger partial charge in [-0.3, -0.25) is 0 Å². The molecule has 5 nitrogen and oxygen atoms in total. The molecule has 74 valence electrons. The van der Waals surface area contributed by atoms with Gasteiger partial charge in [-0.1, -0.05) is 0 Å². The Hall–Kier alpha value is -1.62. The predicted octanol–water partition coefficient (Wildman–Crippen LogP) is 0.798. The first kappa shape index (κ1) is 8.96. The van der Waals surface area contributed by atoms with E-state index in [-0.39, 0.29) is 0 Å². The standard InChI is InChI=1S/C9H11N3O2/c1-6-7(3-4-14-6)9(13)8-5-10-12(2)11-8/h3-5,9,13H,1-2H3. The average molecular weight is 193 g/mol. The SMILES string of the molecule is Cc1occc1C(O)c1cnn(C)n1. The maximum Gasteiger partial charge on any atom is 0.128 e. The topological polar surface area (TPSA) is 64.1 Å². The van der Waals surface area contributed by atoms with Gasteiger partial charge in [-0.2, -0.15) is 15.0 Å². The van der Waals surface area contributed by atoms with E-state index in [1.807, 2.05) is 0 Å². The molecule has 0 aliphatic rings. The second kappa shape index (κ2) is 3.26. The molecule has 0 aromatic carbocycles. The summed E-state index contributed by atoms with van der Waals surface area (Å²) in [4.78, 5) is 1.41. The summed E-state index contributed by atoms with van der Waals surface area (Å²) >= 11 is 0. The van der Waals surface area contributed by atoms with E-state index in [0.29, 0.717) is 11.5 Å². The largest absolute Gasteiger partial charge is 0.469 e. The van der Waals surface area contributed by atoms with Gasteiger partial charge in [-0.05, 0) is 13.0 Å². The van der Waals surface area contributed by atoms with Crippen LogP contribution in [-0.4, -0.2) is 20.1 Å². The second-order valence-electron chi connectivity index (χ2n) is 3.09. The van der Waals surface area contributed by atoms with Crippen molar-refractivity contribution >= 4 is 0 Å². The van der Waals surface area contributed by atoms with Crippen molar-refractivity contribution in [2.45, 2.75) is 13.0 Å². The fourth-order valence-corrected chi connectivity index (χ4v) is 1.32. The Balaban J connectivity index is 2.33. The molecule has 0 aliphatic heterocycles. The quantitative estimate of drug-likeness (QED) is 0.766. The molecular weight excluding hydrogens is 182 g/mol. The molecule has 14 heavy (non-hydrogen) atoms. The summed E-state index contributed by atoms with van der Waals surface area (Å²) < 4.78 is 5.10. The molecule has 1 atom stereocenters. The number of aryl methyl sites for hydroxylation is 2. The molecule has 0 aliphatic carbocycles. The first-order valence-electron chi connectivity index (χ1n) is 4.27. The molecule has 0 saturated carbocycles. The van der Waals surface area contributed by atoms with Gasteiger partial charge in [-0.15, -0.1) is 0 Å². The van der Waals surface area contributed by atoms with Gasteiger partial charge in [0.05, 0.1) is 12.5 Å². The molecule has 0 fully saturated rings. The van der Waals surface area contributed by atoms with Crippen molar-refractivity contribution < 1.29 is 9.52 Å². The minimum Gasteiger partial charge on any atom is -0.469 e. The number of hydrogen-bond acceptors (Lipinski definition) is 4. The number of furan rings is 1. The zero-order valence-corrected chi connectivity index (χ0v) is 8.01. The van der Waals surface area contributed by atoms with Crippen molar-refractivity contribution in [1.29, 1.82) is 0 Å². The first-order valence-corrected chi connectivity index (χ1v) is 4.27. The summed E-state index contributed by atoms with van der Waals surface area (Å²) in [6.45, 7) is 1.80. The lowest BCUT2D eigenvalue weighted by Gasteiger charge is -2.04. The lowest BCUT2D eigenvalue weighted by molar-refractivity contribution is 0.212. The van der Waals surface area contributed by atoms with Crippen LogP contribution in [0.5, 0.6) is 0 Å². The maximum absolute atomic E-state index is 9.90. The van der Waals surface area contributed by atoms with Crippen molar-refractivity contribution in [2.75, 3.05) is 0 Å². The van der Waals surface area contributed by atoms with Crippen LogP contribution in [0.3, 0.4) is 0 Å². The molecule has 0 spiro atoms. The lowest BCUT2D eigenvalue weighted by Crippen LogP contribution is -2.02. The third-order valence-electron chi connectivity index (χ3n) is 2.09. The van der Waals surface area contributed by atoms with E-state index in [2.05, 4.69) is 10.2 Å². The Bertz CT molecular complexity index is 433. The van der Waals surface area contributed by atoms with Gasteiger partial charge in [-0.25, -0.2) is 0 Å². The van der Waals surface area contributed by atoms with Crippen LogP contribution in [0, 0.1) is 6.92 Å². The number of aromatic nitrogens is 3. The van der Waals surface area contributed by atoms with Crippen LogP contribution in [0.25, 0.3) is 0 Å². The van der Waals surface area contributed by atoms with Crippen molar-refractivity contribution in [2.24, 2.45) is 7.05 Å². The van der Waals surface area contributed by atoms with E-state index in [0.717, 1.165) is 5.56 Å². The normalized spacial score (nSPS) is 13.1. The van der Waals surface area contributed by atoms with Crippen LogP contribution in [0.4, 0.5) is 0 Å². The predicted molar refractivity (Wildman–Crippen MR) is 48.5 cm³/mol. The van der Waals surface area contributed by atoms with Crippen molar-refractivity contribution in [3.8, 4) is 0 Å². The lowest BCUT2D eigenvalue weighted by atomic mass is 10.1. The summed E-state index contributed by atoms with van der Waals surface area (Å²) in [6.07, 6.45) is 2.32. The summed E-state index contributed by atoms with van der Waals surface area (Å²) in [5.74, 6) is 0.697. The van der Waals surface area contributed by atoms with Crippen LogP contribution in [0.1, 0.15) is 23.1 Å². The van der Waals surface area contributed by atoms with Crippen LogP contribution < -0.4 is 0 Å². The Labute approximate surface area is 81.0 Å². The van der Waals surface area contributed by atoms with E-state index < -0.39 is 6.10 Å². The molecule has 2 aromatic rings. The van der Waals surface area contributed by atoms with Crippen LogP contribution in [0.2, 0.25) is 0 Å². The van der Waals surface area contributed by atoms with E-state index in [1.165, 1.54) is 11.0 Å². The van der Waals surface area contributed by atoms with Gasteiger partial charge >= 0.3 is 0 Å². The molecule has 5 heteroatoms. The Kier molecular flexibility index (Phi) is 2.09. The van der Waals surface area contributed by atoms with Crippen LogP contribution >= 0.6 is 0 Å². The molecule has 2 aromatic heterocycles. The average Bonchev–Trinajstić information content (AvgIpc) is 2.73. The molecular formula is C9H11N3O2. The molecule has 1 N–H and O–H groups in total. The molecule has 0 amide bonds. The van der Waals surface area contributed by atoms with E-state index in [9.17, 15) is 5.11 Å². The number of aliphatic hydroxyl groups excluding tert-OH is 1. The van der Waals surface area contributed by atoms with Gasteiger partial charge in [0.2, 0.25) is 0 Å². The highest BCUT2D eigenvalue weighted by molar-refractivity contribution is 5.25. The molecule has 0 saturated heterocycles. The molecule has 2 heterocycles.